The highest BCUT2D eigenvalue weighted by molar-refractivity contribution is 5.56. The van der Waals surface area contributed by atoms with Crippen LogP contribution in [0, 0.1) is 0 Å². The summed E-state index contributed by atoms with van der Waals surface area (Å²) in [7, 11) is 0. The van der Waals surface area contributed by atoms with E-state index >= 15 is 0 Å². The van der Waals surface area contributed by atoms with E-state index in [0.29, 0.717) is 0 Å². The first-order valence-corrected chi connectivity index (χ1v) is 2.52. The lowest BCUT2D eigenvalue weighted by Gasteiger charge is -1.95. The summed E-state index contributed by atoms with van der Waals surface area (Å²) in [6.07, 6.45) is 2.58. The average Bonchev–Trinajstić information content (AvgIpc) is 1.68. The van der Waals surface area contributed by atoms with Gasteiger partial charge in [-0.25, -0.2) is 0 Å². The Morgan fingerprint density at radius 2 is 2.43 bits per heavy atom. The zero-order chi connectivity index (χ0) is 5.70. The van der Waals surface area contributed by atoms with Crippen LogP contribution in [0.3, 0.4) is 0 Å². The molecule has 0 aromatic carbocycles. The third-order valence-corrected chi connectivity index (χ3v) is 0.797. The highest BCUT2D eigenvalue weighted by Crippen LogP contribution is 1.87. The van der Waals surface area contributed by atoms with Crippen molar-refractivity contribution in [1.29, 1.82) is 0 Å². The van der Waals surface area contributed by atoms with Crippen molar-refractivity contribution in [2.24, 2.45) is 5.73 Å². The van der Waals surface area contributed by atoms with Gasteiger partial charge < -0.3 is 10.5 Å². The van der Waals surface area contributed by atoms with Crippen LogP contribution in [-0.2, 0) is 4.79 Å². The standard InChI is InChI=1S/C5H11NO/c1-2-3-5(6)4-7/h4-5H,2-3,6H2,1H3. The third-order valence-electron chi connectivity index (χ3n) is 0.797. The van der Waals surface area contributed by atoms with Crippen molar-refractivity contribution in [3.05, 3.63) is 0 Å². The fraction of sp³-hybridized carbons (Fsp3) is 0.800. The second kappa shape index (κ2) is 3.81. The average molecular weight is 101 g/mol. The van der Waals surface area contributed by atoms with Gasteiger partial charge in [0.25, 0.3) is 0 Å². The van der Waals surface area contributed by atoms with Gasteiger partial charge in [-0.15, -0.1) is 0 Å². The Hall–Kier alpha value is -0.370. The highest BCUT2D eigenvalue weighted by Gasteiger charge is 1.93. The maximum atomic E-state index is 9.77. The van der Waals surface area contributed by atoms with Crippen LogP contribution in [0.2, 0.25) is 0 Å². The van der Waals surface area contributed by atoms with Crippen molar-refractivity contribution in [3.63, 3.8) is 0 Å². The summed E-state index contributed by atoms with van der Waals surface area (Å²) in [5, 5.41) is 0. The van der Waals surface area contributed by atoms with Crippen LogP contribution in [0.5, 0.6) is 0 Å². The summed E-state index contributed by atoms with van der Waals surface area (Å²) in [5.41, 5.74) is 5.22. The summed E-state index contributed by atoms with van der Waals surface area (Å²) in [6, 6.07) is -0.231. The van der Waals surface area contributed by atoms with Gasteiger partial charge in [0.2, 0.25) is 0 Å². The normalized spacial score (nSPS) is 13.4. The fourth-order valence-corrected chi connectivity index (χ4v) is 0.401. The minimum Gasteiger partial charge on any atom is -0.322 e. The second-order valence-corrected chi connectivity index (χ2v) is 1.59. The Balaban J connectivity index is 2.98. The molecule has 2 nitrogen and oxygen atoms in total. The van der Waals surface area contributed by atoms with Gasteiger partial charge in [0.1, 0.15) is 6.29 Å². The van der Waals surface area contributed by atoms with E-state index in [1.54, 1.807) is 0 Å². The SMILES string of the molecule is CCCC(N)C=O. The van der Waals surface area contributed by atoms with Gasteiger partial charge in [-0.3, -0.25) is 0 Å². The van der Waals surface area contributed by atoms with E-state index in [2.05, 4.69) is 0 Å². The number of nitrogens with two attached hydrogens (primary N) is 1. The molecule has 0 fully saturated rings. The van der Waals surface area contributed by atoms with Crippen molar-refractivity contribution in [1.82, 2.24) is 0 Å². The molecule has 0 aliphatic carbocycles. The van der Waals surface area contributed by atoms with Gasteiger partial charge in [-0.2, -0.15) is 0 Å². The van der Waals surface area contributed by atoms with E-state index in [4.69, 9.17) is 5.73 Å². The largest absolute Gasteiger partial charge is 0.322 e. The maximum Gasteiger partial charge on any atom is 0.136 e. The number of hydrogen-bond acceptors (Lipinski definition) is 2. The second-order valence-electron chi connectivity index (χ2n) is 1.59. The summed E-state index contributed by atoms with van der Waals surface area (Å²) >= 11 is 0. The van der Waals surface area contributed by atoms with Crippen molar-refractivity contribution >= 4 is 6.29 Å². The molecule has 1 atom stereocenters. The van der Waals surface area contributed by atoms with E-state index < -0.39 is 0 Å². The summed E-state index contributed by atoms with van der Waals surface area (Å²) in [6.45, 7) is 2.00. The third kappa shape index (κ3) is 3.46. The van der Waals surface area contributed by atoms with E-state index in [1.807, 2.05) is 6.92 Å². The first kappa shape index (κ1) is 6.63. The maximum absolute atomic E-state index is 9.77. The number of aldehydes is 1. The number of carbonyl (C=O) groups is 1. The molecule has 1 unspecified atom stereocenters. The quantitative estimate of drug-likeness (QED) is 0.520. The molecule has 0 aromatic heterocycles. The minimum absolute atomic E-state index is 0.231. The van der Waals surface area contributed by atoms with E-state index in [1.165, 1.54) is 0 Å². The van der Waals surface area contributed by atoms with Crippen LogP contribution in [-0.4, -0.2) is 12.3 Å². The summed E-state index contributed by atoms with van der Waals surface area (Å²) < 4.78 is 0. The summed E-state index contributed by atoms with van der Waals surface area (Å²) in [5.74, 6) is 0. The molecule has 0 aliphatic rings. The van der Waals surface area contributed by atoms with Gasteiger partial charge in [0.05, 0.1) is 6.04 Å². The Labute approximate surface area is 43.7 Å². The van der Waals surface area contributed by atoms with Crippen molar-refractivity contribution < 1.29 is 4.79 Å². The topological polar surface area (TPSA) is 43.1 Å². The Morgan fingerprint density at radius 1 is 1.86 bits per heavy atom. The number of rotatable bonds is 3. The smallest absolute Gasteiger partial charge is 0.136 e. The van der Waals surface area contributed by atoms with Crippen LogP contribution >= 0.6 is 0 Å². The highest BCUT2D eigenvalue weighted by atomic mass is 16.1. The van der Waals surface area contributed by atoms with E-state index in [0.717, 1.165) is 19.1 Å². The predicted octanol–water partition coefficient (Wildman–Crippen LogP) is 0.313. The molecule has 7 heavy (non-hydrogen) atoms. The van der Waals surface area contributed by atoms with Crippen LogP contribution in [0.1, 0.15) is 19.8 Å². The molecular formula is C5H11NO. The number of hydrogen-bond donors (Lipinski definition) is 1. The first-order valence-electron chi connectivity index (χ1n) is 2.52. The van der Waals surface area contributed by atoms with Gasteiger partial charge >= 0.3 is 0 Å². The zero-order valence-electron chi connectivity index (χ0n) is 4.55. The van der Waals surface area contributed by atoms with Crippen molar-refractivity contribution in [3.8, 4) is 0 Å². The number of carbonyl (C=O) groups excluding carboxylic acids is 1. The molecule has 0 aliphatic heterocycles. The molecule has 0 bridgehead atoms. The van der Waals surface area contributed by atoms with Crippen LogP contribution in [0.4, 0.5) is 0 Å². The lowest BCUT2D eigenvalue weighted by molar-refractivity contribution is -0.109. The molecule has 2 heteroatoms. The van der Waals surface area contributed by atoms with Crippen molar-refractivity contribution in [2.75, 3.05) is 0 Å². The van der Waals surface area contributed by atoms with Gasteiger partial charge in [0.15, 0.2) is 0 Å². The molecule has 0 heterocycles. The lowest BCUT2D eigenvalue weighted by atomic mass is 10.2. The van der Waals surface area contributed by atoms with Crippen LogP contribution in [0.15, 0.2) is 0 Å². The van der Waals surface area contributed by atoms with E-state index in [-0.39, 0.29) is 6.04 Å². The Bertz CT molecular complexity index is 54.0. The van der Waals surface area contributed by atoms with Gasteiger partial charge in [-0.1, -0.05) is 13.3 Å². The Kier molecular flexibility index (Phi) is 3.61. The van der Waals surface area contributed by atoms with E-state index in [9.17, 15) is 4.79 Å². The van der Waals surface area contributed by atoms with Crippen LogP contribution in [0.25, 0.3) is 0 Å². The Morgan fingerprint density at radius 3 is 2.57 bits per heavy atom. The molecule has 0 saturated carbocycles. The molecule has 0 saturated heterocycles. The molecule has 0 spiro atoms. The minimum atomic E-state index is -0.231. The molecule has 2 N–H and O–H groups in total. The van der Waals surface area contributed by atoms with Crippen molar-refractivity contribution in [2.45, 2.75) is 25.8 Å². The molecule has 0 rings (SSSR count). The first-order chi connectivity index (χ1) is 3.31. The lowest BCUT2D eigenvalue weighted by Crippen LogP contribution is -2.20. The predicted molar refractivity (Wildman–Crippen MR) is 28.9 cm³/mol. The molecule has 0 radical (unpaired) electrons. The van der Waals surface area contributed by atoms with Gasteiger partial charge in [0, 0.05) is 0 Å². The molecule has 42 valence electrons. The fourth-order valence-electron chi connectivity index (χ4n) is 0.401. The molecule has 0 aromatic rings. The summed E-state index contributed by atoms with van der Waals surface area (Å²) in [4.78, 5) is 9.77. The monoisotopic (exact) mass is 101 g/mol. The van der Waals surface area contributed by atoms with Gasteiger partial charge in [-0.05, 0) is 6.42 Å². The zero-order valence-corrected chi connectivity index (χ0v) is 4.55. The molecular weight excluding hydrogens is 90.1 g/mol. The van der Waals surface area contributed by atoms with Crippen LogP contribution < -0.4 is 5.73 Å². The molecule has 0 amide bonds.